The van der Waals surface area contributed by atoms with E-state index in [2.05, 4.69) is 14.9 Å². The Labute approximate surface area is 63.9 Å². The van der Waals surface area contributed by atoms with Crippen molar-refractivity contribution in [1.82, 2.24) is 10.2 Å². The van der Waals surface area contributed by atoms with Crippen molar-refractivity contribution in [2.75, 3.05) is 4.72 Å². The topological polar surface area (TPSA) is 75.1 Å². The van der Waals surface area contributed by atoms with Crippen LogP contribution in [0.3, 0.4) is 0 Å². The second-order valence-electron chi connectivity index (χ2n) is 1.48. The molecule has 7 heteroatoms. The Bertz CT molecular complexity index is 248. The van der Waals surface area contributed by atoms with E-state index in [0.717, 1.165) is 5.01 Å². The Morgan fingerprint density at radius 2 is 2.40 bits per heavy atom. The number of aryl methyl sites for hydroxylation is 1. The first-order valence-electron chi connectivity index (χ1n) is 2.36. The standard InChI is InChI=1S/C3H5N3O2S2/c1-2-4-5-3(9-2)6-10(7)8/h1H3,(H,5,6)(H,7,8). The number of nitrogens with zero attached hydrogens (tertiary/aromatic N) is 2. The lowest BCUT2D eigenvalue weighted by molar-refractivity contribution is 0.570. The third kappa shape index (κ3) is 2.01. The number of anilines is 1. The number of rotatable bonds is 2. The van der Waals surface area contributed by atoms with Crippen LogP contribution in [0.4, 0.5) is 5.13 Å². The zero-order valence-corrected chi connectivity index (χ0v) is 6.70. The number of hydrogen-bond acceptors (Lipinski definition) is 4. The lowest BCUT2D eigenvalue weighted by Crippen LogP contribution is -2.00. The predicted octanol–water partition coefficient (Wildman–Crippen LogP) is 0.395. The first-order chi connectivity index (χ1) is 4.68. The van der Waals surface area contributed by atoms with Crippen LogP contribution in [0.15, 0.2) is 0 Å². The molecule has 1 atom stereocenters. The molecule has 10 heavy (non-hydrogen) atoms. The van der Waals surface area contributed by atoms with Crippen molar-refractivity contribution >= 4 is 27.7 Å². The van der Waals surface area contributed by atoms with Crippen LogP contribution < -0.4 is 4.72 Å². The highest BCUT2D eigenvalue weighted by Gasteiger charge is 2.00. The van der Waals surface area contributed by atoms with Gasteiger partial charge in [0, 0.05) is 0 Å². The van der Waals surface area contributed by atoms with Crippen molar-refractivity contribution in [3.8, 4) is 0 Å². The van der Waals surface area contributed by atoms with Gasteiger partial charge in [-0.3, -0.25) is 9.27 Å². The quantitative estimate of drug-likeness (QED) is 0.644. The number of hydrogen-bond donors (Lipinski definition) is 2. The Kier molecular flexibility index (Phi) is 2.30. The van der Waals surface area contributed by atoms with Gasteiger partial charge in [-0.1, -0.05) is 11.3 Å². The molecule has 0 amide bonds. The molecular formula is C3H5N3O2S2. The van der Waals surface area contributed by atoms with Gasteiger partial charge < -0.3 is 0 Å². The zero-order valence-electron chi connectivity index (χ0n) is 5.07. The van der Waals surface area contributed by atoms with Crippen LogP contribution in [-0.2, 0) is 11.3 Å². The lowest BCUT2D eigenvalue weighted by atomic mass is 10.9. The first kappa shape index (κ1) is 7.58. The summed E-state index contributed by atoms with van der Waals surface area (Å²) in [7, 11) is 0. The first-order valence-corrected chi connectivity index (χ1v) is 4.28. The third-order valence-corrected chi connectivity index (χ3v) is 1.95. The van der Waals surface area contributed by atoms with Crippen LogP contribution in [-0.4, -0.2) is 19.0 Å². The van der Waals surface area contributed by atoms with Crippen molar-refractivity contribution in [2.45, 2.75) is 6.92 Å². The molecule has 5 nitrogen and oxygen atoms in total. The molecule has 0 aliphatic rings. The van der Waals surface area contributed by atoms with Crippen LogP contribution in [0.2, 0.25) is 0 Å². The Morgan fingerprint density at radius 3 is 2.80 bits per heavy atom. The minimum atomic E-state index is -2.05. The molecule has 0 aromatic carbocycles. The molecule has 1 aromatic rings. The van der Waals surface area contributed by atoms with Gasteiger partial charge in [-0.25, -0.2) is 4.21 Å². The molecular weight excluding hydrogens is 174 g/mol. The van der Waals surface area contributed by atoms with Crippen LogP contribution >= 0.6 is 11.3 Å². The molecule has 1 heterocycles. The molecule has 0 radical (unpaired) electrons. The van der Waals surface area contributed by atoms with E-state index in [1.165, 1.54) is 11.3 Å². The van der Waals surface area contributed by atoms with Crippen molar-refractivity contribution in [1.29, 1.82) is 0 Å². The van der Waals surface area contributed by atoms with E-state index in [-0.39, 0.29) is 0 Å². The van der Waals surface area contributed by atoms with E-state index < -0.39 is 11.3 Å². The maximum Gasteiger partial charge on any atom is 0.261 e. The summed E-state index contributed by atoms with van der Waals surface area (Å²) in [5, 5.41) is 8.31. The molecule has 1 aromatic heterocycles. The van der Waals surface area contributed by atoms with Crippen LogP contribution in [0.1, 0.15) is 5.01 Å². The normalized spacial score (nSPS) is 13.0. The molecule has 0 fully saturated rings. The van der Waals surface area contributed by atoms with E-state index in [4.69, 9.17) is 4.55 Å². The monoisotopic (exact) mass is 179 g/mol. The molecule has 1 unspecified atom stereocenters. The Morgan fingerprint density at radius 1 is 1.70 bits per heavy atom. The molecule has 0 aliphatic heterocycles. The fourth-order valence-corrected chi connectivity index (χ4v) is 1.43. The fourth-order valence-electron chi connectivity index (χ4n) is 0.412. The molecule has 2 N–H and O–H groups in total. The van der Waals surface area contributed by atoms with E-state index in [1.807, 2.05) is 0 Å². The maximum absolute atomic E-state index is 10.1. The summed E-state index contributed by atoms with van der Waals surface area (Å²) < 4.78 is 20.6. The molecule has 0 aliphatic carbocycles. The summed E-state index contributed by atoms with van der Waals surface area (Å²) in [6.07, 6.45) is 0. The van der Waals surface area contributed by atoms with Crippen LogP contribution in [0.5, 0.6) is 0 Å². The summed E-state index contributed by atoms with van der Waals surface area (Å²) in [6.45, 7) is 1.77. The van der Waals surface area contributed by atoms with Gasteiger partial charge in [0.25, 0.3) is 11.3 Å². The van der Waals surface area contributed by atoms with Crippen LogP contribution in [0, 0.1) is 6.92 Å². The van der Waals surface area contributed by atoms with Gasteiger partial charge in [0.05, 0.1) is 0 Å². The molecule has 0 saturated carbocycles. The second-order valence-corrected chi connectivity index (χ2v) is 3.36. The minimum Gasteiger partial charge on any atom is -0.289 e. The van der Waals surface area contributed by atoms with Gasteiger partial charge in [-0.2, -0.15) is 0 Å². The smallest absolute Gasteiger partial charge is 0.261 e. The van der Waals surface area contributed by atoms with Crippen molar-refractivity contribution < 1.29 is 8.76 Å². The number of aromatic nitrogens is 2. The lowest BCUT2D eigenvalue weighted by Gasteiger charge is -1.89. The summed E-state index contributed by atoms with van der Waals surface area (Å²) in [4.78, 5) is 0. The van der Waals surface area contributed by atoms with Crippen molar-refractivity contribution in [2.24, 2.45) is 0 Å². The second kappa shape index (κ2) is 3.04. The highest BCUT2D eigenvalue weighted by molar-refractivity contribution is 7.80. The van der Waals surface area contributed by atoms with Gasteiger partial charge >= 0.3 is 0 Å². The van der Waals surface area contributed by atoms with Gasteiger partial charge in [0.2, 0.25) is 5.13 Å². The summed E-state index contributed by atoms with van der Waals surface area (Å²) >= 11 is -0.816. The summed E-state index contributed by atoms with van der Waals surface area (Å²) in [6, 6.07) is 0. The SMILES string of the molecule is Cc1nnc(NS(=O)O)s1. The Balaban J connectivity index is 2.67. The van der Waals surface area contributed by atoms with E-state index in [0.29, 0.717) is 5.13 Å². The largest absolute Gasteiger partial charge is 0.289 e. The predicted molar refractivity (Wildman–Crippen MR) is 39.0 cm³/mol. The minimum absolute atomic E-state index is 0.360. The van der Waals surface area contributed by atoms with E-state index in [1.54, 1.807) is 6.92 Å². The van der Waals surface area contributed by atoms with Crippen molar-refractivity contribution in [3.05, 3.63) is 5.01 Å². The van der Waals surface area contributed by atoms with E-state index >= 15 is 0 Å². The number of nitrogens with one attached hydrogen (secondary N) is 1. The Hall–Kier alpha value is -0.530. The fraction of sp³-hybridized carbons (Fsp3) is 0.333. The third-order valence-electron chi connectivity index (χ3n) is 0.701. The molecule has 0 spiro atoms. The average Bonchev–Trinajstić information content (AvgIpc) is 2.13. The summed E-state index contributed by atoms with van der Waals surface area (Å²) in [5.41, 5.74) is 0. The van der Waals surface area contributed by atoms with Gasteiger partial charge in [-0.15, -0.1) is 10.2 Å². The molecule has 56 valence electrons. The summed E-state index contributed by atoms with van der Waals surface area (Å²) in [5.74, 6) is 0. The molecule has 1 rings (SSSR count). The average molecular weight is 179 g/mol. The maximum atomic E-state index is 10.1. The van der Waals surface area contributed by atoms with E-state index in [9.17, 15) is 4.21 Å². The van der Waals surface area contributed by atoms with Crippen LogP contribution in [0.25, 0.3) is 0 Å². The molecule has 0 saturated heterocycles. The zero-order chi connectivity index (χ0) is 7.56. The van der Waals surface area contributed by atoms with Gasteiger partial charge in [0.1, 0.15) is 5.01 Å². The van der Waals surface area contributed by atoms with Crippen molar-refractivity contribution in [3.63, 3.8) is 0 Å². The molecule has 0 bridgehead atoms. The highest BCUT2D eigenvalue weighted by atomic mass is 32.2. The highest BCUT2D eigenvalue weighted by Crippen LogP contribution is 2.13. The van der Waals surface area contributed by atoms with Gasteiger partial charge in [-0.05, 0) is 6.92 Å². The van der Waals surface area contributed by atoms with Gasteiger partial charge in [0.15, 0.2) is 0 Å².